The maximum absolute atomic E-state index is 11.5. The van der Waals surface area contributed by atoms with E-state index in [9.17, 15) is 4.79 Å². The standard InChI is InChI=1S/C11H14N2O/c1-9-6-4-5-7-10(9)11(14)12-8-13(2)3/h4-8H,1-3H3/b12-8+. The van der Waals surface area contributed by atoms with Crippen LogP contribution < -0.4 is 0 Å². The number of carbonyl (C=O) groups is 1. The van der Waals surface area contributed by atoms with Crippen LogP contribution in [0.15, 0.2) is 29.3 Å². The van der Waals surface area contributed by atoms with Gasteiger partial charge in [0.25, 0.3) is 5.91 Å². The lowest BCUT2D eigenvalue weighted by Crippen LogP contribution is -2.10. The van der Waals surface area contributed by atoms with Crippen molar-refractivity contribution >= 4 is 12.2 Å². The minimum Gasteiger partial charge on any atom is -0.369 e. The maximum atomic E-state index is 11.5. The van der Waals surface area contributed by atoms with Crippen molar-refractivity contribution < 1.29 is 4.79 Å². The van der Waals surface area contributed by atoms with E-state index in [0.29, 0.717) is 5.56 Å². The van der Waals surface area contributed by atoms with Gasteiger partial charge in [0, 0.05) is 19.7 Å². The topological polar surface area (TPSA) is 32.7 Å². The summed E-state index contributed by atoms with van der Waals surface area (Å²) in [6.07, 6.45) is 1.51. The molecular formula is C11H14N2O. The van der Waals surface area contributed by atoms with Crippen LogP contribution in [0.4, 0.5) is 0 Å². The molecule has 0 heterocycles. The molecule has 0 aliphatic rings. The Hall–Kier alpha value is -1.64. The highest BCUT2D eigenvalue weighted by molar-refractivity contribution is 5.99. The Morgan fingerprint density at radius 2 is 2.00 bits per heavy atom. The van der Waals surface area contributed by atoms with Gasteiger partial charge >= 0.3 is 0 Å². The van der Waals surface area contributed by atoms with E-state index < -0.39 is 0 Å². The number of nitrogens with zero attached hydrogens (tertiary/aromatic N) is 2. The van der Waals surface area contributed by atoms with Crippen LogP contribution in [-0.2, 0) is 0 Å². The summed E-state index contributed by atoms with van der Waals surface area (Å²) < 4.78 is 0. The molecule has 0 saturated carbocycles. The van der Waals surface area contributed by atoms with Crippen LogP contribution in [0.5, 0.6) is 0 Å². The second kappa shape index (κ2) is 4.56. The Labute approximate surface area is 84.1 Å². The van der Waals surface area contributed by atoms with Crippen molar-refractivity contribution in [3.63, 3.8) is 0 Å². The van der Waals surface area contributed by atoms with E-state index in [0.717, 1.165) is 5.56 Å². The fourth-order valence-electron chi connectivity index (χ4n) is 1.05. The van der Waals surface area contributed by atoms with Gasteiger partial charge in [-0.1, -0.05) is 18.2 Å². The number of benzene rings is 1. The summed E-state index contributed by atoms with van der Waals surface area (Å²) in [5.74, 6) is -0.197. The third-order valence-electron chi connectivity index (χ3n) is 1.78. The summed E-state index contributed by atoms with van der Waals surface area (Å²) in [5, 5.41) is 0. The van der Waals surface area contributed by atoms with Crippen molar-refractivity contribution in [2.75, 3.05) is 14.1 Å². The molecular weight excluding hydrogens is 176 g/mol. The first-order chi connectivity index (χ1) is 6.61. The summed E-state index contributed by atoms with van der Waals surface area (Å²) in [7, 11) is 3.66. The Kier molecular flexibility index (Phi) is 3.40. The molecule has 0 radical (unpaired) electrons. The highest BCUT2D eigenvalue weighted by Gasteiger charge is 2.04. The molecule has 1 aromatic carbocycles. The lowest BCUT2D eigenvalue weighted by molar-refractivity contribution is 0.100. The number of aryl methyl sites for hydroxylation is 1. The molecule has 0 aromatic heterocycles. The van der Waals surface area contributed by atoms with Crippen LogP contribution in [0.1, 0.15) is 15.9 Å². The van der Waals surface area contributed by atoms with E-state index in [1.807, 2.05) is 39.2 Å². The molecule has 1 rings (SSSR count). The van der Waals surface area contributed by atoms with Crippen LogP contribution >= 0.6 is 0 Å². The Bertz CT molecular complexity index is 356. The van der Waals surface area contributed by atoms with Gasteiger partial charge in [-0.15, -0.1) is 0 Å². The quantitative estimate of drug-likeness (QED) is 0.525. The lowest BCUT2D eigenvalue weighted by Gasteiger charge is -2.03. The minimum absolute atomic E-state index is 0.197. The molecule has 0 N–H and O–H groups in total. The summed E-state index contributed by atoms with van der Waals surface area (Å²) in [5.41, 5.74) is 1.61. The van der Waals surface area contributed by atoms with E-state index in [2.05, 4.69) is 4.99 Å². The highest BCUT2D eigenvalue weighted by Crippen LogP contribution is 2.07. The molecule has 0 aliphatic carbocycles. The molecule has 74 valence electrons. The minimum atomic E-state index is -0.197. The number of amides is 1. The number of aliphatic imine (C=N–C) groups is 1. The number of hydrogen-bond donors (Lipinski definition) is 0. The van der Waals surface area contributed by atoms with Crippen LogP contribution in [0, 0.1) is 6.92 Å². The summed E-state index contributed by atoms with van der Waals surface area (Å²) in [6, 6.07) is 7.43. The molecule has 0 bridgehead atoms. The zero-order valence-electron chi connectivity index (χ0n) is 8.69. The molecule has 3 nitrogen and oxygen atoms in total. The smallest absolute Gasteiger partial charge is 0.278 e. The monoisotopic (exact) mass is 190 g/mol. The normalized spacial score (nSPS) is 10.5. The van der Waals surface area contributed by atoms with Gasteiger partial charge in [-0.2, -0.15) is 4.99 Å². The van der Waals surface area contributed by atoms with Gasteiger partial charge in [-0.3, -0.25) is 4.79 Å². The van der Waals surface area contributed by atoms with Gasteiger partial charge < -0.3 is 4.90 Å². The molecule has 0 atom stereocenters. The summed E-state index contributed by atoms with van der Waals surface area (Å²) >= 11 is 0. The average Bonchev–Trinajstić information content (AvgIpc) is 2.15. The molecule has 3 heteroatoms. The van der Waals surface area contributed by atoms with Gasteiger partial charge in [0.15, 0.2) is 0 Å². The Morgan fingerprint density at radius 3 is 2.57 bits per heavy atom. The molecule has 0 spiro atoms. The molecule has 14 heavy (non-hydrogen) atoms. The maximum Gasteiger partial charge on any atom is 0.278 e. The Balaban J connectivity index is 2.85. The number of hydrogen-bond acceptors (Lipinski definition) is 1. The van der Waals surface area contributed by atoms with Gasteiger partial charge in [-0.05, 0) is 18.6 Å². The second-order valence-corrected chi connectivity index (χ2v) is 3.33. The molecule has 0 fully saturated rings. The van der Waals surface area contributed by atoms with Gasteiger partial charge in [-0.25, -0.2) is 0 Å². The van der Waals surface area contributed by atoms with Gasteiger partial charge in [0.05, 0.1) is 6.34 Å². The zero-order chi connectivity index (χ0) is 10.6. The zero-order valence-corrected chi connectivity index (χ0v) is 8.69. The van der Waals surface area contributed by atoms with E-state index >= 15 is 0 Å². The second-order valence-electron chi connectivity index (χ2n) is 3.33. The molecule has 0 saturated heterocycles. The SMILES string of the molecule is Cc1ccccc1C(=O)/N=C/N(C)C. The predicted molar refractivity (Wildman–Crippen MR) is 57.7 cm³/mol. The first kappa shape index (κ1) is 10.4. The summed E-state index contributed by atoms with van der Waals surface area (Å²) in [6.45, 7) is 1.90. The molecule has 0 aliphatic heterocycles. The number of carbonyl (C=O) groups excluding carboxylic acids is 1. The van der Waals surface area contributed by atoms with Crippen molar-refractivity contribution in [3.05, 3.63) is 35.4 Å². The molecule has 1 amide bonds. The number of rotatable bonds is 2. The third-order valence-corrected chi connectivity index (χ3v) is 1.78. The van der Waals surface area contributed by atoms with Crippen molar-refractivity contribution in [1.82, 2.24) is 4.90 Å². The van der Waals surface area contributed by atoms with Crippen LogP contribution in [0.2, 0.25) is 0 Å². The van der Waals surface area contributed by atoms with Crippen LogP contribution in [0.25, 0.3) is 0 Å². The van der Waals surface area contributed by atoms with Crippen molar-refractivity contribution in [3.8, 4) is 0 Å². The average molecular weight is 190 g/mol. The Morgan fingerprint density at radius 1 is 1.36 bits per heavy atom. The fraction of sp³-hybridized carbons (Fsp3) is 0.273. The van der Waals surface area contributed by atoms with Crippen LogP contribution in [0.3, 0.4) is 0 Å². The first-order valence-corrected chi connectivity index (χ1v) is 4.42. The first-order valence-electron chi connectivity index (χ1n) is 4.42. The van der Waals surface area contributed by atoms with Crippen LogP contribution in [-0.4, -0.2) is 31.2 Å². The molecule has 0 unspecified atom stereocenters. The lowest BCUT2D eigenvalue weighted by atomic mass is 10.1. The van der Waals surface area contributed by atoms with Crippen molar-refractivity contribution in [2.24, 2.45) is 4.99 Å². The highest BCUT2D eigenvalue weighted by atomic mass is 16.1. The van der Waals surface area contributed by atoms with Gasteiger partial charge in [0.1, 0.15) is 0 Å². The van der Waals surface area contributed by atoms with E-state index in [1.54, 1.807) is 11.0 Å². The third kappa shape index (κ3) is 2.69. The van der Waals surface area contributed by atoms with Crippen molar-refractivity contribution in [2.45, 2.75) is 6.92 Å². The van der Waals surface area contributed by atoms with E-state index in [-0.39, 0.29) is 5.91 Å². The van der Waals surface area contributed by atoms with E-state index in [1.165, 1.54) is 6.34 Å². The van der Waals surface area contributed by atoms with Gasteiger partial charge in [0.2, 0.25) is 0 Å². The largest absolute Gasteiger partial charge is 0.369 e. The fourth-order valence-corrected chi connectivity index (χ4v) is 1.05. The predicted octanol–water partition coefficient (Wildman–Crippen LogP) is 1.73. The van der Waals surface area contributed by atoms with E-state index in [4.69, 9.17) is 0 Å². The summed E-state index contributed by atoms with van der Waals surface area (Å²) in [4.78, 5) is 17.1. The molecule has 1 aromatic rings. The van der Waals surface area contributed by atoms with Crippen molar-refractivity contribution in [1.29, 1.82) is 0 Å².